The molecule has 0 bridgehead atoms. The molecule has 0 amide bonds. The van der Waals surface area contributed by atoms with Crippen LogP contribution in [-0.2, 0) is 4.79 Å². The third-order valence-corrected chi connectivity index (χ3v) is 2.61. The molecular weight excluding hydrogens is 224 g/mol. The zero-order valence-corrected chi connectivity index (χ0v) is 9.11. The number of rotatable bonds is 2. The number of carboxylic acid groups (broad SMARTS) is 1. The molecule has 0 spiro atoms. The van der Waals surface area contributed by atoms with Gasteiger partial charge in [-0.1, -0.05) is 54.1 Å². The zero-order valence-electron chi connectivity index (χ0n) is 8.35. The molecule has 0 aliphatic rings. The van der Waals surface area contributed by atoms with Crippen molar-refractivity contribution in [3.63, 3.8) is 0 Å². The molecule has 0 aromatic heterocycles. The fraction of sp³-hybridized carbons (Fsp3) is 0. The topological polar surface area (TPSA) is 37.3 Å². The standard InChI is InChI=1S/C13H9ClO2/c14-12(8-13(15)16)11-7-3-5-9-4-1-2-6-10(9)11/h1-8H,(H,15,16)/b12-8+. The number of benzene rings is 2. The second-order valence-electron chi connectivity index (χ2n) is 3.36. The van der Waals surface area contributed by atoms with Gasteiger partial charge in [0, 0.05) is 11.6 Å². The van der Waals surface area contributed by atoms with Gasteiger partial charge in [-0.2, -0.15) is 0 Å². The second-order valence-corrected chi connectivity index (χ2v) is 3.76. The number of fused-ring (bicyclic) bond motifs is 1. The molecule has 0 saturated heterocycles. The summed E-state index contributed by atoms with van der Waals surface area (Å²) in [6.07, 6.45) is 1.00. The summed E-state index contributed by atoms with van der Waals surface area (Å²) in [5, 5.41) is 10.9. The highest BCUT2D eigenvalue weighted by Gasteiger charge is 2.05. The first-order valence-electron chi connectivity index (χ1n) is 4.77. The number of carboxylic acids is 1. The molecule has 80 valence electrons. The summed E-state index contributed by atoms with van der Waals surface area (Å²) in [5.74, 6) is -1.04. The first-order chi connectivity index (χ1) is 7.68. The molecule has 0 radical (unpaired) electrons. The van der Waals surface area contributed by atoms with Crippen LogP contribution in [0.5, 0.6) is 0 Å². The van der Waals surface area contributed by atoms with Crippen molar-refractivity contribution in [2.45, 2.75) is 0 Å². The molecule has 0 heterocycles. The Labute approximate surface area is 97.8 Å². The maximum absolute atomic E-state index is 10.6. The Morgan fingerprint density at radius 3 is 2.56 bits per heavy atom. The van der Waals surface area contributed by atoms with E-state index in [0.717, 1.165) is 22.4 Å². The normalized spacial score (nSPS) is 11.7. The SMILES string of the molecule is O=C(O)/C=C(/Cl)c1cccc2ccccc12. The Morgan fingerprint density at radius 1 is 1.12 bits per heavy atom. The van der Waals surface area contributed by atoms with Crippen LogP contribution in [0.3, 0.4) is 0 Å². The predicted molar refractivity (Wildman–Crippen MR) is 65.4 cm³/mol. The molecule has 0 aliphatic heterocycles. The predicted octanol–water partition coefficient (Wildman–Crippen LogP) is 3.50. The van der Waals surface area contributed by atoms with Gasteiger partial charge in [0.1, 0.15) is 0 Å². The van der Waals surface area contributed by atoms with Crippen molar-refractivity contribution in [3.8, 4) is 0 Å². The molecule has 1 N–H and O–H groups in total. The van der Waals surface area contributed by atoms with Crippen LogP contribution in [0.4, 0.5) is 0 Å². The molecule has 0 atom stereocenters. The molecule has 0 aliphatic carbocycles. The summed E-state index contributed by atoms with van der Waals surface area (Å²) in [5.41, 5.74) is 0.738. The molecule has 2 aromatic carbocycles. The minimum atomic E-state index is -1.04. The fourth-order valence-electron chi connectivity index (χ4n) is 1.62. The van der Waals surface area contributed by atoms with Gasteiger partial charge < -0.3 is 5.11 Å². The lowest BCUT2D eigenvalue weighted by atomic mass is 10.0. The van der Waals surface area contributed by atoms with Crippen molar-refractivity contribution in [2.75, 3.05) is 0 Å². The quantitative estimate of drug-likeness (QED) is 0.805. The lowest BCUT2D eigenvalue weighted by Crippen LogP contribution is -1.89. The summed E-state index contributed by atoms with van der Waals surface area (Å²) in [6.45, 7) is 0. The lowest BCUT2D eigenvalue weighted by molar-refractivity contribution is -0.131. The van der Waals surface area contributed by atoms with Crippen LogP contribution in [0.1, 0.15) is 5.56 Å². The van der Waals surface area contributed by atoms with E-state index in [-0.39, 0.29) is 5.03 Å². The average Bonchev–Trinajstić information content (AvgIpc) is 2.27. The van der Waals surface area contributed by atoms with Gasteiger partial charge >= 0.3 is 5.97 Å². The highest BCUT2D eigenvalue weighted by atomic mass is 35.5. The van der Waals surface area contributed by atoms with E-state index in [1.165, 1.54) is 0 Å². The molecule has 2 aromatic rings. The number of hydrogen-bond donors (Lipinski definition) is 1. The van der Waals surface area contributed by atoms with Crippen LogP contribution >= 0.6 is 11.6 Å². The Balaban J connectivity index is 2.65. The molecule has 0 unspecified atom stereocenters. The van der Waals surface area contributed by atoms with Gasteiger partial charge in [0.25, 0.3) is 0 Å². The number of hydrogen-bond acceptors (Lipinski definition) is 1. The Kier molecular flexibility index (Phi) is 2.93. The maximum atomic E-state index is 10.6. The van der Waals surface area contributed by atoms with Crippen molar-refractivity contribution < 1.29 is 9.90 Å². The molecule has 2 nitrogen and oxygen atoms in total. The highest BCUT2D eigenvalue weighted by Crippen LogP contribution is 2.27. The Bertz CT molecular complexity index is 568. The van der Waals surface area contributed by atoms with Crippen molar-refractivity contribution in [2.24, 2.45) is 0 Å². The van der Waals surface area contributed by atoms with Crippen LogP contribution in [0, 0.1) is 0 Å². The monoisotopic (exact) mass is 232 g/mol. The van der Waals surface area contributed by atoms with Crippen molar-refractivity contribution in [3.05, 3.63) is 54.1 Å². The molecule has 16 heavy (non-hydrogen) atoms. The molecule has 3 heteroatoms. The van der Waals surface area contributed by atoms with E-state index in [9.17, 15) is 4.79 Å². The highest BCUT2D eigenvalue weighted by molar-refractivity contribution is 6.51. The third-order valence-electron chi connectivity index (χ3n) is 2.30. The van der Waals surface area contributed by atoms with Crippen LogP contribution in [0.25, 0.3) is 15.8 Å². The number of aliphatic carboxylic acids is 1. The van der Waals surface area contributed by atoms with Crippen LogP contribution in [0.15, 0.2) is 48.5 Å². The molecular formula is C13H9ClO2. The maximum Gasteiger partial charge on any atom is 0.329 e. The zero-order chi connectivity index (χ0) is 11.5. The van der Waals surface area contributed by atoms with Gasteiger partial charge in [-0.15, -0.1) is 0 Å². The molecule has 2 rings (SSSR count). The van der Waals surface area contributed by atoms with Gasteiger partial charge in [0.2, 0.25) is 0 Å². The summed E-state index contributed by atoms with van der Waals surface area (Å²) < 4.78 is 0. The minimum Gasteiger partial charge on any atom is -0.478 e. The average molecular weight is 233 g/mol. The van der Waals surface area contributed by atoms with Gasteiger partial charge in [0.05, 0.1) is 5.03 Å². The lowest BCUT2D eigenvalue weighted by Gasteiger charge is -2.04. The van der Waals surface area contributed by atoms with E-state index in [0.29, 0.717) is 0 Å². The smallest absolute Gasteiger partial charge is 0.329 e. The molecule has 0 fully saturated rings. The Hall–Kier alpha value is -1.80. The first kappa shape index (κ1) is 10.7. The van der Waals surface area contributed by atoms with E-state index < -0.39 is 5.97 Å². The van der Waals surface area contributed by atoms with Crippen molar-refractivity contribution in [1.29, 1.82) is 0 Å². The van der Waals surface area contributed by atoms with E-state index in [4.69, 9.17) is 16.7 Å². The van der Waals surface area contributed by atoms with Crippen molar-refractivity contribution in [1.82, 2.24) is 0 Å². The first-order valence-corrected chi connectivity index (χ1v) is 5.14. The summed E-state index contributed by atoms with van der Waals surface area (Å²) in [7, 11) is 0. The van der Waals surface area contributed by atoms with Gasteiger partial charge in [0.15, 0.2) is 0 Å². The number of carbonyl (C=O) groups is 1. The van der Waals surface area contributed by atoms with Crippen LogP contribution in [0.2, 0.25) is 0 Å². The van der Waals surface area contributed by atoms with Crippen molar-refractivity contribution >= 4 is 33.4 Å². The van der Waals surface area contributed by atoms with E-state index in [1.54, 1.807) is 0 Å². The Morgan fingerprint density at radius 2 is 1.81 bits per heavy atom. The van der Waals surface area contributed by atoms with Gasteiger partial charge in [-0.25, -0.2) is 4.79 Å². The van der Waals surface area contributed by atoms with Gasteiger partial charge in [-0.05, 0) is 10.8 Å². The fourth-order valence-corrected chi connectivity index (χ4v) is 1.88. The van der Waals surface area contributed by atoms with Crippen LogP contribution in [-0.4, -0.2) is 11.1 Å². The van der Waals surface area contributed by atoms with E-state index in [1.807, 2.05) is 42.5 Å². The third kappa shape index (κ3) is 2.07. The largest absolute Gasteiger partial charge is 0.478 e. The second kappa shape index (κ2) is 4.37. The number of halogens is 1. The molecule has 0 saturated carbocycles. The van der Waals surface area contributed by atoms with Crippen LogP contribution < -0.4 is 0 Å². The summed E-state index contributed by atoms with van der Waals surface area (Å²) >= 11 is 5.96. The van der Waals surface area contributed by atoms with E-state index in [2.05, 4.69) is 0 Å². The van der Waals surface area contributed by atoms with Gasteiger partial charge in [-0.3, -0.25) is 0 Å². The minimum absolute atomic E-state index is 0.240. The van der Waals surface area contributed by atoms with E-state index >= 15 is 0 Å². The summed E-state index contributed by atoms with van der Waals surface area (Å²) in [4.78, 5) is 10.6. The summed E-state index contributed by atoms with van der Waals surface area (Å²) in [6, 6.07) is 13.3.